The van der Waals surface area contributed by atoms with Crippen molar-refractivity contribution < 1.29 is 4.92 Å². The summed E-state index contributed by atoms with van der Waals surface area (Å²) in [4.78, 5) is 10.3. The zero-order valence-electron chi connectivity index (χ0n) is 8.81. The summed E-state index contributed by atoms with van der Waals surface area (Å²) in [6.07, 6.45) is 0.553. The van der Waals surface area contributed by atoms with Crippen molar-refractivity contribution in [2.24, 2.45) is 12.5 Å². The first kappa shape index (κ1) is 10.6. The van der Waals surface area contributed by atoms with Crippen LogP contribution in [-0.4, -0.2) is 19.9 Å². The molecule has 0 unspecified atom stereocenters. The van der Waals surface area contributed by atoms with Gasteiger partial charge in [0.1, 0.15) is 7.05 Å². The summed E-state index contributed by atoms with van der Waals surface area (Å²) in [5.74, 6) is -0.0140. The summed E-state index contributed by atoms with van der Waals surface area (Å²) in [7, 11) is 1.53. The van der Waals surface area contributed by atoms with E-state index in [9.17, 15) is 10.1 Å². The fraction of sp³-hybridized carbons (Fsp3) is 0.750. The monoisotopic (exact) mass is 198 g/mol. The molecule has 0 spiro atoms. The topological polar surface area (TPSA) is 73.8 Å². The first-order valence-corrected chi connectivity index (χ1v) is 4.34. The maximum Gasteiger partial charge on any atom is 0.368 e. The minimum absolute atomic E-state index is 0.0140. The summed E-state index contributed by atoms with van der Waals surface area (Å²) >= 11 is 0. The van der Waals surface area contributed by atoms with Crippen LogP contribution in [0.15, 0.2) is 0 Å². The van der Waals surface area contributed by atoms with Gasteiger partial charge in [-0.25, -0.2) is 0 Å². The predicted molar refractivity (Wildman–Crippen MR) is 50.8 cm³/mol. The van der Waals surface area contributed by atoms with E-state index in [2.05, 4.69) is 10.3 Å². The Hall–Kier alpha value is -1.46. The van der Waals surface area contributed by atoms with Gasteiger partial charge in [0.2, 0.25) is 0 Å². The van der Waals surface area contributed by atoms with Gasteiger partial charge in [-0.05, 0) is 10.3 Å². The van der Waals surface area contributed by atoms with Gasteiger partial charge in [0.25, 0.3) is 0 Å². The van der Waals surface area contributed by atoms with Gasteiger partial charge in [-0.2, -0.15) is 0 Å². The van der Waals surface area contributed by atoms with Gasteiger partial charge in [0.05, 0.1) is 0 Å². The Morgan fingerprint density at radius 2 is 2.07 bits per heavy atom. The van der Waals surface area contributed by atoms with E-state index in [4.69, 9.17) is 0 Å². The van der Waals surface area contributed by atoms with Gasteiger partial charge in [-0.15, -0.1) is 9.78 Å². The highest BCUT2D eigenvalue weighted by Gasteiger charge is 2.25. The maximum atomic E-state index is 10.7. The lowest BCUT2D eigenvalue weighted by Gasteiger charge is -2.15. The van der Waals surface area contributed by atoms with E-state index in [-0.39, 0.29) is 11.2 Å². The summed E-state index contributed by atoms with van der Waals surface area (Å²) in [6.45, 7) is 6.02. The van der Waals surface area contributed by atoms with Crippen LogP contribution in [0, 0.1) is 15.5 Å². The molecule has 1 aromatic heterocycles. The zero-order chi connectivity index (χ0) is 10.9. The van der Waals surface area contributed by atoms with Crippen LogP contribution in [-0.2, 0) is 13.5 Å². The number of nitrogens with zero attached hydrogens (tertiary/aromatic N) is 4. The summed E-state index contributed by atoms with van der Waals surface area (Å²) in [6, 6.07) is 0. The van der Waals surface area contributed by atoms with Crippen molar-refractivity contribution in [1.82, 2.24) is 15.0 Å². The molecule has 1 rings (SSSR count). The average molecular weight is 198 g/mol. The minimum Gasteiger partial charge on any atom is -0.358 e. The fourth-order valence-electron chi connectivity index (χ4n) is 1.24. The van der Waals surface area contributed by atoms with Gasteiger partial charge in [0.15, 0.2) is 5.69 Å². The maximum absolute atomic E-state index is 10.7. The number of rotatable bonds is 2. The molecule has 0 fully saturated rings. The Kier molecular flexibility index (Phi) is 2.55. The third-order valence-electron chi connectivity index (χ3n) is 1.73. The SMILES string of the molecule is Cn1nnc(CC(C)(C)C)c1[N+](=O)[O-]. The van der Waals surface area contributed by atoms with Crippen LogP contribution in [0.3, 0.4) is 0 Å². The normalized spacial score (nSPS) is 11.7. The molecular formula is C8H14N4O2. The van der Waals surface area contributed by atoms with Crippen molar-refractivity contribution in [3.05, 3.63) is 15.8 Å². The molecule has 1 heterocycles. The van der Waals surface area contributed by atoms with Gasteiger partial charge < -0.3 is 10.1 Å². The molecule has 78 valence electrons. The van der Waals surface area contributed by atoms with Gasteiger partial charge >= 0.3 is 5.82 Å². The van der Waals surface area contributed by atoms with Gasteiger partial charge in [-0.3, -0.25) is 0 Å². The van der Waals surface area contributed by atoms with Crippen LogP contribution in [0.4, 0.5) is 5.82 Å². The molecule has 0 saturated heterocycles. The van der Waals surface area contributed by atoms with Gasteiger partial charge in [0, 0.05) is 11.6 Å². The molecule has 0 aliphatic heterocycles. The minimum atomic E-state index is -0.443. The largest absolute Gasteiger partial charge is 0.368 e. The third kappa shape index (κ3) is 2.27. The molecule has 0 atom stereocenters. The molecule has 0 aliphatic carbocycles. The Bertz CT molecular complexity index is 351. The van der Waals surface area contributed by atoms with Crippen molar-refractivity contribution in [2.75, 3.05) is 0 Å². The molecule has 6 heteroatoms. The van der Waals surface area contributed by atoms with E-state index >= 15 is 0 Å². The van der Waals surface area contributed by atoms with Crippen LogP contribution in [0.2, 0.25) is 0 Å². The van der Waals surface area contributed by atoms with E-state index in [1.54, 1.807) is 0 Å². The first-order chi connectivity index (χ1) is 6.31. The predicted octanol–water partition coefficient (Wildman–Crippen LogP) is 1.31. The molecule has 14 heavy (non-hydrogen) atoms. The van der Waals surface area contributed by atoms with Gasteiger partial charge in [-0.1, -0.05) is 20.8 Å². The zero-order valence-corrected chi connectivity index (χ0v) is 8.81. The molecule has 0 N–H and O–H groups in total. The van der Waals surface area contributed by atoms with Crippen molar-refractivity contribution in [1.29, 1.82) is 0 Å². The standard InChI is InChI=1S/C8H14N4O2/c1-8(2,3)5-6-7(12(13)14)11(4)10-9-6/h5H2,1-4H3. The molecule has 0 aliphatic rings. The second-order valence-electron chi connectivity index (χ2n) is 4.48. The van der Waals surface area contributed by atoms with Crippen LogP contribution in [0.25, 0.3) is 0 Å². The summed E-state index contributed by atoms with van der Waals surface area (Å²) < 4.78 is 1.20. The Balaban J connectivity index is 3.04. The van der Waals surface area contributed by atoms with Crippen LogP contribution >= 0.6 is 0 Å². The summed E-state index contributed by atoms with van der Waals surface area (Å²) in [5, 5.41) is 18.1. The third-order valence-corrected chi connectivity index (χ3v) is 1.73. The Labute approximate surface area is 82.1 Å². The van der Waals surface area contributed by atoms with Crippen molar-refractivity contribution in [3.63, 3.8) is 0 Å². The quantitative estimate of drug-likeness (QED) is 0.530. The number of hydrogen-bond donors (Lipinski definition) is 0. The Morgan fingerprint density at radius 1 is 1.50 bits per heavy atom. The van der Waals surface area contributed by atoms with Crippen molar-refractivity contribution in [2.45, 2.75) is 27.2 Å². The highest BCUT2D eigenvalue weighted by Crippen LogP contribution is 2.24. The number of nitro groups is 1. The molecule has 0 amide bonds. The second-order valence-corrected chi connectivity index (χ2v) is 4.48. The van der Waals surface area contributed by atoms with E-state index in [0.717, 1.165) is 0 Å². The number of hydrogen-bond acceptors (Lipinski definition) is 4. The van der Waals surface area contributed by atoms with E-state index in [0.29, 0.717) is 12.1 Å². The average Bonchev–Trinajstić information content (AvgIpc) is 2.27. The van der Waals surface area contributed by atoms with Crippen molar-refractivity contribution >= 4 is 5.82 Å². The van der Waals surface area contributed by atoms with Crippen molar-refractivity contribution in [3.8, 4) is 0 Å². The number of aryl methyl sites for hydroxylation is 1. The molecule has 1 aromatic rings. The lowest BCUT2D eigenvalue weighted by molar-refractivity contribution is -0.393. The smallest absolute Gasteiger partial charge is 0.358 e. The van der Waals surface area contributed by atoms with E-state index in [1.165, 1.54) is 11.7 Å². The molecule has 6 nitrogen and oxygen atoms in total. The van der Waals surface area contributed by atoms with Crippen LogP contribution < -0.4 is 0 Å². The second kappa shape index (κ2) is 3.36. The van der Waals surface area contributed by atoms with Crippen LogP contribution in [0.1, 0.15) is 26.5 Å². The molecule has 0 bridgehead atoms. The number of aromatic nitrogens is 3. The molecule has 0 aromatic carbocycles. The first-order valence-electron chi connectivity index (χ1n) is 4.34. The van der Waals surface area contributed by atoms with E-state index in [1.807, 2.05) is 20.8 Å². The van der Waals surface area contributed by atoms with E-state index < -0.39 is 4.92 Å². The lowest BCUT2D eigenvalue weighted by atomic mass is 9.90. The highest BCUT2D eigenvalue weighted by atomic mass is 16.6. The highest BCUT2D eigenvalue weighted by molar-refractivity contribution is 5.25. The molecular weight excluding hydrogens is 184 g/mol. The molecule has 0 radical (unpaired) electrons. The fourth-order valence-corrected chi connectivity index (χ4v) is 1.24. The Morgan fingerprint density at radius 3 is 2.50 bits per heavy atom. The molecule has 0 saturated carbocycles. The lowest BCUT2D eigenvalue weighted by Crippen LogP contribution is -2.11. The summed E-state index contributed by atoms with van der Waals surface area (Å²) in [5.41, 5.74) is 0.422. The van der Waals surface area contributed by atoms with Crippen LogP contribution in [0.5, 0.6) is 0 Å².